The van der Waals surface area contributed by atoms with Gasteiger partial charge in [-0.15, -0.1) is 5.01 Å². The van der Waals surface area contributed by atoms with Crippen molar-refractivity contribution in [3.8, 4) is 5.75 Å². The van der Waals surface area contributed by atoms with Crippen LogP contribution in [-0.4, -0.2) is 47.8 Å². The largest absolute Gasteiger partial charge is 0.497 e. The van der Waals surface area contributed by atoms with E-state index in [0.29, 0.717) is 33.8 Å². The molecule has 2 heterocycles. The Morgan fingerprint density at radius 1 is 1.23 bits per heavy atom. The molecule has 9 nitrogen and oxygen atoms in total. The van der Waals surface area contributed by atoms with E-state index in [9.17, 15) is 14.4 Å². The smallest absolute Gasteiger partial charge is 0.346 e. The maximum Gasteiger partial charge on any atom is 0.346 e. The van der Waals surface area contributed by atoms with Gasteiger partial charge in [0.1, 0.15) is 11.3 Å². The Balaban J connectivity index is 1.86. The minimum Gasteiger partial charge on any atom is -0.497 e. The lowest BCUT2D eigenvalue weighted by molar-refractivity contribution is -0.131. The first-order valence-corrected chi connectivity index (χ1v) is 9.44. The van der Waals surface area contributed by atoms with Crippen LogP contribution in [0.2, 0.25) is 0 Å². The number of imide groups is 1. The number of amides is 3. The lowest BCUT2D eigenvalue weighted by Crippen LogP contribution is -2.40. The van der Waals surface area contributed by atoms with Gasteiger partial charge in [-0.05, 0) is 51.0 Å². The van der Waals surface area contributed by atoms with E-state index in [1.807, 2.05) is 0 Å². The van der Waals surface area contributed by atoms with Crippen molar-refractivity contribution in [3.63, 3.8) is 0 Å². The number of aromatic amines is 1. The number of ether oxygens (including phenoxy) is 2. The Bertz CT molecular complexity index is 1020. The molecule has 1 aromatic heterocycles. The molecule has 9 heteroatoms. The van der Waals surface area contributed by atoms with Gasteiger partial charge in [-0.3, -0.25) is 4.79 Å². The summed E-state index contributed by atoms with van der Waals surface area (Å²) in [5.74, 6) is -0.310. The molecule has 1 fully saturated rings. The van der Waals surface area contributed by atoms with Crippen molar-refractivity contribution in [1.29, 1.82) is 0 Å². The van der Waals surface area contributed by atoms with Crippen LogP contribution >= 0.6 is 0 Å². The molecular weight excluding hydrogens is 388 g/mol. The number of urea groups is 1. The molecule has 1 aromatic carbocycles. The molecule has 30 heavy (non-hydrogen) atoms. The van der Waals surface area contributed by atoms with Gasteiger partial charge in [0.2, 0.25) is 0 Å². The van der Waals surface area contributed by atoms with Crippen molar-refractivity contribution in [2.75, 3.05) is 13.7 Å². The van der Waals surface area contributed by atoms with Gasteiger partial charge in [0, 0.05) is 5.69 Å². The van der Waals surface area contributed by atoms with Gasteiger partial charge in [-0.2, -0.15) is 5.10 Å². The minimum atomic E-state index is -1.25. The van der Waals surface area contributed by atoms with E-state index in [0.717, 1.165) is 5.01 Å². The molecule has 1 atom stereocenters. The molecule has 158 valence electrons. The van der Waals surface area contributed by atoms with Gasteiger partial charge in [0.05, 0.1) is 31.2 Å². The summed E-state index contributed by atoms with van der Waals surface area (Å²) in [6.45, 7) is 7.09. The summed E-state index contributed by atoms with van der Waals surface area (Å²) >= 11 is 0. The number of hydrogen-bond donors (Lipinski definition) is 2. The highest BCUT2D eigenvalue weighted by Gasteiger charge is 2.49. The topological polar surface area (TPSA) is 113 Å². The molecule has 0 bridgehead atoms. The number of carbonyl (C=O) groups excluding carboxylic acids is 3. The summed E-state index contributed by atoms with van der Waals surface area (Å²) in [6.07, 6.45) is 1.35. The highest BCUT2D eigenvalue weighted by atomic mass is 16.5. The lowest BCUT2D eigenvalue weighted by atomic mass is 9.92. The van der Waals surface area contributed by atoms with Gasteiger partial charge in [0.15, 0.2) is 0 Å². The number of hydrazone groups is 1. The average Bonchev–Trinajstić information content (AvgIpc) is 3.12. The number of H-pyrrole nitrogens is 1. The number of aryl methyl sites for hydroxylation is 1. The fourth-order valence-electron chi connectivity index (χ4n) is 3.38. The third-order valence-electron chi connectivity index (χ3n) is 5.09. The van der Waals surface area contributed by atoms with Crippen molar-refractivity contribution >= 4 is 24.1 Å². The molecule has 0 aliphatic carbocycles. The normalized spacial score (nSPS) is 18.8. The first-order chi connectivity index (χ1) is 14.2. The second kappa shape index (κ2) is 8.02. The molecular formula is C21H24N4O5. The van der Waals surface area contributed by atoms with Crippen LogP contribution in [0.15, 0.2) is 29.4 Å². The second-order valence-corrected chi connectivity index (χ2v) is 7.03. The van der Waals surface area contributed by atoms with Crippen molar-refractivity contribution in [3.05, 3.63) is 52.3 Å². The number of nitrogens with zero attached hydrogens (tertiary/aromatic N) is 2. The lowest BCUT2D eigenvalue weighted by Gasteiger charge is -2.21. The van der Waals surface area contributed by atoms with Gasteiger partial charge >= 0.3 is 12.0 Å². The van der Waals surface area contributed by atoms with E-state index in [4.69, 9.17) is 9.47 Å². The van der Waals surface area contributed by atoms with Crippen LogP contribution in [-0.2, 0) is 15.1 Å². The summed E-state index contributed by atoms with van der Waals surface area (Å²) in [7, 11) is 1.55. The average molecular weight is 412 g/mol. The Morgan fingerprint density at radius 2 is 1.90 bits per heavy atom. The molecule has 0 spiro atoms. The highest BCUT2D eigenvalue weighted by molar-refractivity contribution is 6.07. The predicted octanol–water partition coefficient (Wildman–Crippen LogP) is 2.62. The number of methoxy groups -OCH3 is 1. The first kappa shape index (κ1) is 21.1. The molecule has 1 aliphatic heterocycles. The van der Waals surface area contributed by atoms with Crippen LogP contribution in [0, 0.1) is 13.8 Å². The molecule has 0 radical (unpaired) electrons. The molecule has 1 aliphatic rings. The zero-order valence-corrected chi connectivity index (χ0v) is 17.5. The van der Waals surface area contributed by atoms with Crippen LogP contribution in [0.25, 0.3) is 0 Å². The zero-order valence-electron chi connectivity index (χ0n) is 17.5. The van der Waals surface area contributed by atoms with E-state index in [2.05, 4.69) is 15.4 Å². The first-order valence-electron chi connectivity index (χ1n) is 9.44. The summed E-state index contributed by atoms with van der Waals surface area (Å²) in [6, 6.07) is 6.23. The summed E-state index contributed by atoms with van der Waals surface area (Å²) in [4.78, 5) is 40.6. The van der Waals surface area contributed by atoms with E-state index in [1.54, 1.807) is 59.1 Å². The summed E-state index contributed by atoms with van der Waals surface area (Å²) < 4.78 is 10.2. The zero-order chi connectivity index (χ0) is 22.1. The molecule has 2 N–H and O–H groups in total. The number of nitrogens with one attached hydrogen (secondary N) is 2. The van der Waals surface area contributed by atoms with Crippen LogP contribution in [0.3, 0.4) is 0 Å². The molecule has 1 saturated heterocycles. The van der Waals surface area contributed by atoms with Crippen molar-refractivity contribution in [2.24, 2.45) is 5.10 Å². The van der Waals surface area contributed by atoms with Crippen LogP contribution in [0.1, 0.15) is 46.7 Å². The highest BCUT2D eigenvalue weighted by Crippen LogP contribution is 2.30. The monoisotopic (exact) mass is 412 g/mol. The van der Waals surface area contributed by atoms with E-state index in [1.165, 1.54) is 6.21 Å². The fourth-order valence-corrected chi connectivity index (χ4v) is 3.38. The fraction of sp³-hybridized carbons (Fsp3) is 0.333. The van der Waals surface area contributed by atoms with Crippen LogP contribution in [0.4, 0.5) is 4.79 Å². The molecule has 0 saturated carbocycles. The molecule has 3 amide bonds. The third-order valence-corrected chi connectivity index (χ3v) is 5.09. The Labute approximate surface area is 174 Å². The van der Waals surface area contributed by atoms with Gasteiger partial charge in [-0.25, -0.2) is 9.59 Å². The van der Waals surface area contributed by atoms with Crippen LogP contribution < -0.4 is 10.1 Å². The summed E-state index contributed by atoms with van der Waals surface area (Å²) in [5, 5.41) is 7.54. The number of hydrogen-bond acceptors (Lipinski definition) is 6. The predicted molar refractivity (Wildman–Crippen MR) is 110 cm³/mol. The maximum atomic E-state index is 13.0. The number of rotatable bonds is 6. The number of benzene rings is 1. The van der Waals surface area contributed by atoms with Crippen molar-refractivity contribution in [1.82, 2.24) is 15.3 Å². The molecule has 3 rings (SSSR count). The van der Waals surface area contributed by atoms with Gasteiger partial charge in [0.25, 0.3) is 5.91 Å². The SMILES string of the molecule is CCOC(=O)c1c(C)[nH]c(/C=N/N2C(=O)N[C@](C)(c3ccc(OC)cc3)C2=O)c1C. The van der Waals surface area contributed by atoms with E-state index >= 15 is 0 Å². The molecule has 0 unspecified atom stereocenters. The van der Waals surface area contributed by atoms with E-state index < -0.39 is 23.4 Å². The van der Waals surface area contributed by atoms with Gasteiger partial charge < -0.3 is 19.8 Å². The van der Waals surface area contributed by atoms with Crippen molar-refractivity contribution < 1.29 is 23.9 Å². The quantitative estimate of drug-likeness (QED) is 0.430. The minimum absolute atomic E-state index is 0.263. The van der Waals surface area contributed by atoms with E-state index in [-0.39, 0.29) is 6.61 Å². The summed E-state index contributed by atoms with van der Waals surface area (Å²) in [5.41, 5.74) is 1.52. The Hall–Kier alpha value is -3.62. The van der Waals surface area contributed by atoms with Crippen molar-refractivity contribution in [2.45, 2.75) is 33.2 Å². The van der Waals surface area contributed by atoms with Crippen LogP contribution in [0.5, 0.6) is 5.75 Å². The number of esters is 1. The Kier molecular flexibility index (Phi) is 5.64. The Morgan fingerprint density at radius 3 is 2.50 bits per heavy atom. The second-order valence-electron chi connectivity index (χ2n) is 7.03. The number of carbonyl (C=O) groups is 3. The number of aromatic nitrogens is 1. The third kappa shape index (κ3) is 3.54. The van der Waals surface area contributed by atoms with Gasteiger partial charge in [-0.1, -0.05) is 12.1 Å². The standard InChI is InChI=1S/C21H24N4O5/c1-6-30-18(26)17-12(2)16(23-13(17)3)11-22-25-19(27)21(4,24-20(25)28)14-7-9-15(29-5)10-8-14/h7-11,23H,6H2,1-5H3,(H,24,28)/b22-11+/t21-/m1/s1. The molecule has 2 aromatic rings. The maximum absolute atomic E-state index is 13.0.